The minimum Gasteiger partial charge on any atom is -0.507 e. The van der Waals surface area contributed by atoms with Gasteiger partial charge in [0.15, 0.2) is 0 Å². The van der Waals surface area contributed by atoms with E-state index in [0.717, 1.165) is 37.6 Å². The van der Waals surface area contributed by atoms with Gasteiger partial charge in [0.2, 0.25) is 5.91 Å². The Morgan fingerprint density at radius 2 is 1.85 bits per heavy atom. The number of carbonyl (C=O) groups is 1. The smallest absolute Gasteiger partial charge is 0.234 e. The van der Waals surface area contributed by atoms with Crippen LogP contribution in [-0.4, -0.2) is 69.9 Å². The SMILES string of the molecule is Cn1nccc1C1(C(=O)N2CC3(CNC3)C2)CCN(C(/C=C(\N)c2ccccc2O)=C/N)CC1. The lowest BCUT2D eigenvalue weighted by Crippen LogP contribution is -2.73. The molecule has 9 nitrogen and oxygen atoms in total. The molecule has 34 heavy (non-hydrogen) atoms. The highest BCUT2D eigenvalue weighted by Gasteiger charge is 2.55. The Kier molecular flexibility index (Phi) is 5.51. The van der Waals surface area contributed by atoms with E-state index in [1.165, 1.54) is 6.20 Å². The lowest BCUT2D eigenvalue weighted by molar-refractivity contribution is -0.155. The first kappa shape index (κ1) is 22.3. The number of para-hydroxylation sites is 1. The summed E-state index contributed by atoms with van der Waals surface area (Å²) in [6, 6.07) is 8.94. The van der Waals surface area contributed by atoms with Crippen molar-refractivity contribution in [2.45, 2.75) is 18.3 Å². The average molecular weight is 464 g/mol. The van der Waals surface area contributed by atoms with Gasteiger partial charge in [0.05, 0.1) is 16.8 Å². The standard InChI is InChI=1S/C25H33N7O2/c1-30-22(6-9-29-30)25(23(34)32-16-24(17-32)14-28-15-24)7-10-31(11-8-25)18(13-26)12-20(27)19-4-2-3-5-21(19)33/h2-6,9,12-13,28,33H,7-8,10-11,14-17,26-27H2,1H3/b18-13+,20-12-. The molecule has 0 unspecified atom stereocenters. The first-order chi connectivity index (χ1) is 16.4. The number of aromatic hydroxyl groups is 1. The zero-order valence-electron chi connectivity index (χ0n) is 19.6. The van der Waals surface area contributed by atoms with E-state index in [1.807, 2.05) is 28.8 Å². The molecular formula is C25H33N7O2. The van der Waals surface area contributed by atoms with Gasteiger partial charge in [-0.1, -0.05) is 12.1 Å². The summed E-state index contributed by atoms with van der Waals surface area (Å²) in [5.41, 5.74) is 14.7. The zero-order chi connectivity index (χ0) is 23.9. The molecule has 0 radical (unpaired) electrons. The lowest BCUT2D eigenvalue weighted by atomic mass is 9.69. The molecule has 0 bridgehead atoms. The quantitative estimate of drug-likeness (QED) is 0.481. The summed E-state index contributed by atoms with van der Waals surface area (Å²) in [5.74, 6) is 0.330. The molecule has 3 aliphatic rings. The highest BCUT2D eigenvalue weighted by atomic mass is 16.3. The van der Waals surface area contributed by atoms with Crippen LogP contribution in [0.25, 0.3) is 5.70 Å². The molecule has 1 amide bonds. The number of piperidine rings is 1. The lowest BCUT2D eigenvalue weighted by Gasteiger charge is -2.58. The Bertz CT molecular complexity index is 1130. The number of benzene rings is 1. The number of nitrogens with two attached hydrogens (primary N) is 2. The molecule has 1 spiro atoms. The molecule has 3 saturated heterocycles. The maximum Gasteiger partial charge on any atom is 0.234 e. The third kappa shape index (κ3) is 3.60. The fourth-order valence-corrected chi connectivity index (χ4v) is 5.68. The maximum absolute atomic E-state index is 13.9. The van der Waals surface area contributed by atoms with E-state index in [1.54, 1.807) is 30.5 Å². The number of likely N-dealkylation sites (tertiary alicyclic amines) is 2. The maximum atomic E-state index is 13.9. The van der Waals surface area contributed by atoms with Gasteiger partial charge in [-0.25, -0.2) is 0 Å². The molecule has 0 aliphatic carbocycles. The largest absolute Gasteiger partial charge is 0.507 e. The Balaban J connectivity index is 1.35. The van der Waals surface area contributed by atoms with Crippen LogP contribution in [0.1, 0.15) is 24.1 Å². The molecule has 1 aromatic carbocycles. The third-order valence-electron chi connectivity index (χ3n) is 7.73. The number of phenols is 1. The number of phenolic OH excluding ortho intramolecular Hbond substituents is 1. The van der Waals surface area contributed by atoms with Crippen LogP contribution < -0.4 is 16.8 Å². The molecule has 3 aliphatic heterocycles. The molecule has 5 rings (SSSR count). The molecule has 4 heterocycles. The van der Waals surface area contributed by atoms with Crippen molar-refractivity contribution in [3.8, 4) is 5.75 Å². The van der Waals surface area contributed by atoms with Gasteiger partial charge in [-0.05, 0) is 37.1 Å². The van der Waals surface area contributed by atoms with Crippen molar-refractivity contribution in [3.05, 3.63) is 65.8 Å². The van der Waals surface area contributed by atoms with E-state index in [0.29, 0.717) is 37.2 Å². The van der Waals surface area contributed by atoms with Crippen molar-refractivity contribution in [3.63, 3.8) is 0 Å². The number of hydrogen-bond acceptors (Lipinski definition) is 7. The van der Waals surface area contributed by atoms with Crippen molar-refractivity contribution in [2.75, 3.05) is 39.3 Å². The Morgan fingerprint density at radius 3 is 2.41 bits per heavy atom. The van der Waals surface area contributed by atoms with Gasteiger partial charge in [0.25, 0.3) is 0 Å². The molecule has 180 valence electrons. The van der Waals surface area contributed by atoms with Gasteiger partial charge < -0.3 is 31.7 Å². The van der Waals surface area contributed by atoms with E-state index in [4.69, 9.17) is 11.5 Å². The zero-order valence-corrected chi connectivity index (χ0v) is 19.6. The molecule has 0 atom stereocenters. The molecule has 9 heteroatoms. The van der Waals surface area contributed by atoms with E-state index in [9.17, 15) is 9.90 Å². The van der Waals surface area contributed by atoms with Crippen LogP contribution >= 0.6 is 0 Å². The van der Waals surface area contributed by atoms with Gasteiger partial charge >= 0.3 is 0 Å². The topological polar surface area (TPSA) is 126 Å². The molecule has 6 N–H and O–H groups in total. The summed E-state index contributed by atoms with van der Waals surface area (Å²) < 4.78 is 1.84. The molecular weight excluding hydrogens is 430 g/mol. The normalized spacial score (nSPS) is 21.8. The van der Waals surface area contributed by atoms with Crippen LogP contribution in [0.3, 0.4) is 0 Å². The van der Waals surface area contributed by atoms with Crippen LogP contribution in [0.4, 0.5) is 0 Å². The fraction of sp³-hybridized carbons (Fsp3) is 0.440. The Hall–Kier alpha value is -3.46. The number of carbonyl (C=O) groups excluding carboxylic acids is 1. The summed E-state index contributed by atoms with van der Waals surface area (Å²) in [6.45, 7) is 4.97. The molecule has 1 aromatic heterocycles. The first-order valence-electron chi connectivity index (χ1n) is 11.8. The predicted molar refractivity (Wildman–Crippen MR) is 130 cm³/mol. The number of nitrogens with zero attached hydrogens (tertiary/aromatic N) is 4. The van der Waals surface area contributed by atoms with E-state index in [-0.39, 0.29) is 17.1 Å². The minimum absolute atomic E-state index is 0.126. The minimum atomic E-state index is -0.604. The van der Waals surface area contributed by atoms with Crippen LogP contribution in [0.5, 0.6) is 5.75 Å². The van der Waals surface area contributed by atoms with Gasteiger partial charge in [0, 0.05) is 75.4 Å². The summed E-state index contributed by atoms with van der Waals surface area (Å²) in [7, 11) is 1.91. The highest BCUT2D eigenvalue weighted by molar-refractivity contribution is 5.89. The van der Waals surface area contributed by atoms with Crippen molar-refractivity contribution in [2.24, 2.45) is 23.9 Å². The van der Waals surface area contributed by atoms with Crippen molar-refractivity contribution < 1.29 is 9.90 Å². The van der Waals surface area contributed by atoms with Gasteiger partial charge in [-0.15, -0.1) is 0 Å². The number of allylic oxidation sites excluding steroid dienone is 1. The van der Waals surface area contributed by atoms with Crippen LogP contribution in [0.2, 0.25) is 0 Å². The van der Waals surface area contributed by atoms with Gasteiger partial charge in [-0.2, -0.15) is 5.10 Å². The Morgan fingerprint density at radius 1 is 1.15 bits per heavy atom. The summed E-state index contributed by atoms with van der Waals surface area (Å²) in [4.78, 5) is 18.1. The van der Waals surface area contributed by atoms with Crippen LogP contribution in [0, 0.1) is 5.41 Å². The summed E-state index contributed by atoms with van der Waals surface area (Å²) in [6.07, 6.45) is 6.42. The third-order valence-corrected chi connectivity index (χ3v) is 7.73. The first-order valence-corrected chi connectivity index (χ1v) is 11.8. The number of amides is 1. The number of hydrogen-bond donors (Lipinski definition) is 4. The molecule has 3 fully saturated rings. The van der Waals surface area contributed by atoms with Gasteiger partial charge in [0.1, 0.15) is 5.75 Å². The predicted octanol–water partition coefficient (Wildman–Crippen LogP) is 0.691. The van der Waals surface area contributed by atoms with E-state index < -0.39 is 5.41 Å². The average Bonchev–Trinajstić information content (AvgIpc) is 3.22. The van der Waals surface area contributed by atoms with E-state index in [2.05, 4.69) is 15.3 Å². The fourth-order valence-electron chi connectivity index (χ4n) is 5.68. The molecule has 2 aromatic rings. The second-order valence-electron chi connectivity index (χ2n) is 9.88. The van der Waals surface area contributed by atoms with Gasteiger partial charge in [-0.3, -0.25) is 9.48 Å². The second kappa shape index (κ2) is 8.39. The van der Waals surface area contributed by atoms with Crippen LogP contribution in [0.15, 0.2) is 54.5 Å². The summed E-state index contributed by atoms with van der Waals surface area (Å²) >= 11 is 0. The van der Waals surface area contributed by atoms with Crippen LogP contribution in [-0.2, 0) is 17.3 Å². The van der Waals surface area contributed by atoms with Crippen molar-refractivity contribution in [1.29, 1.82) is 0 Å². The number of nitrogens with one attached hydrogen (secondary N) is 1. The second-order valence-corrected chi connectivity index (χ2v) is 9.88. The highest BCUT2D eigenvalue weighted by Crippen LogP contribution is 2.43. The summed E-state index contributed by atoms with van der Waals surface area (Å²) in [5, 5.41) is 17.8. The van der Waals surface area contributed by atoms with Crippen molar-refractivity contribution in [1.82, 2.24) is 24.9 Å². The number of aromatic nitrogens is 2. The number of rotatable bonds is 5. The molecule has 0 saturated carbocycles. The number of aryl methyl sites for hydroxylation is 1. The van der Waals surface area contributed by atoms with Crippen molar-refractivity contribution >= 4 is 11.6 Å². The monoisotopic (exact) mass is 463 g/mol. The Labute approximate surface area is 199 Å². The van der Waals surface area contributed by atoms with E-state index >= 15 is 0 Å².